The van der Waals surface area contributed by atoms with Crippen LogP contribution in [0.4, 0.5) is 5.69 Å². The summed E-state index contributed by atoms with van der Waals surface area (Å²) in [6.45, 7) is 9.66. The molecular weight excluding hydrogens is 485 g/mol. The molecule has 1 fully saturated rings. The van der Waals surface area contributed by atoms with Crippen LogP contribution in [0.5, 0.6) is 5.75 Å². The maximum Gasteiger partial charge on any atom is 0.194 e. The SMILES string of the molecule is CCNC(=NCc1ncc(CC)s1)N1CCN(c2ccc(OC)cc2)CC1.I. The lowest BCUT2D eigenvalue weighted by Gasteiger charge is -2.37. The first-order valence-electron chi connectivity index (χ1n) is 9.59. The summed E-state index contributed by atoms with van der Waals surface area (Å²) >= 11 is 1.76. The quantitative estimate of drug-likeness (QED) is 0.362. The third-order valence-electron chi connectivity index (χ3n) is 4.67. The van der Waals surface area contributed by atoms with Gasteiger partial charge in [-0.05, 0) is 37.6 Å². The number of hydrogen-bond donors (Lipinski definition) is 1. The summed E-state index contributed by atoms with van der Waals surface area (Å²) in [6, 6.07) is 8.29. The highest BCUT2D eigenvalue weighted by Crippen LogP contribution is 2.20. The molecule has 0 amide bonds. The van der Waals surface area contributed by atoms with E-state index in [0.717, 1.165) is 55.9 Å². The fourth-order valence-corrected chi connectivity index (χ4v) is 3.91. The molecular formula is C20H30IN5OS. The van der Waals surface area contributed by atoms with Crippen molar-refractivity contribution in [3.8, 4) is 5.75 Å². The van der Waals surface area contributed by atoms with Gasteiger partial charge in [-0.1, -0.05) is 6.92 Å². The first-order valence-corrected chi connectivity index (χ1v) is 10.4. The molecule has 1 N–H and O–H groups in total. The molecule has 154 valence electrons. The van der Waals surface area contributed by atoms with Crippen molar-refractivity contribution in [2.24, 2.45) is 4.99 Å². The van der Waals surface area contributed by atoms with E-state index in [4.69, 9.17) is 9.73 Å². The van der Waals surface area contributed by atoms with Crippen LogP contribution in [0.25, 0.3) is 0 Å². The lowest BCUT2D eigenvalue weighted by molar-refractivity contribution is 0.372. The van der Waals surface area contributed by atoms with Crippen molar-refractivity contribution in [3.05, 3.63) is 40.3 Å². The highest BCUT2D eigenvalue weighted by Gasteiger charge is 2.20. The van der Waals surface area contributed by atoms with E-state index in [1.165, 1.54) is 10.6 Å². The number of thiazole rings is 1. The van der Waals surface area contributed by atoms with Crippen LogP contribution in [-0.2, 0) is 13.0 Å². The van der Waals surface area contributed by atoms with Gasteiger partial charge < -0.3 is 19.9 Å². The molecule has 0 atom stereocenters. The van der Waals surface area contributed by atoms with Gasteiger partial charge in [0, 0.05) is 49.5 Å². The van der Waals surface area contributed by atoms with Crippen LogP contribution in [-0.4, -0.2) is 55.7 Å². The van der Waals surface area contributed by atoms with Crippen LogP contribution >= 0.6 is 35.3 Å². The van der Waals surface area contributed by atoms with Gasteiger partial charge in [0.15, 0.2) is 5.96 Å². The number of hydrogen-bond acceptors (Lipinski definition) is 5. The van der Waals surface area contributed by atoms with Gasteiger partial charge in [0.1, 0.15) is 10.8 Å². The molecule has 28 heavy (non-hydrogen) atoms. The number of halogens is 1. The number of benzene rings is 1. The zero-order valence-electron chi connectivity index (χ0n) is 16.9. The average molecular weight is 515 g/mol. The normalized spacial score (nSPS) is 14.6. The van der Waals surface area contributed by atoms with E-state index < -0.39 is 0 Å². The highest BCUT2D eigenvalue weighted by molar-refractivity contribution is 14.0. The zero-order valence-corrected chi connectivity index (χ0v) is 20.0. The molecule has 2 aromatic rings. The Hall–Kier alpha value is -1.55. The van der Waals surface area contributed by atoms with E-state index in [2.05, 4.69) is 46.1 Å². The number of nitrogens with zero attached hydrogens (tertiary/aromatic N) is 4. The van der Waals surface area contributed by atoms with Crippen LogP contribution < -0.4 is 15.0 Å². The van der Waals surface area contributed by atoms with Crippen LogP contribution in [0.15, 0.2) is 35.5 Å². The van der Waals surface area contributed by atoms with Gasteiger partial charge in [-0.25, -0.2) is 9.98 Å². The van der Waals surface area contributed by atoms with Gasteiger partial charge >= 0.3 is 0 Å². The largest absolute Gasteiger partial charge is 0.497 e. The van der Waals surface area contributed by atoms with E-state index in [0.29, 0.717) is 6.54 Å². The van der Waals surface area contributed by atoms with E-state index in [-0.39, 0.29) is 24.0 Å². The van der Waals surface area contributed by atoms with E-state index in [1.807, 2.05) is 18.3 Å². The lowest BCUT2D eigenvalue weighted by atomic mass is 10.2. The van der Waals surface area contributed by atoms with Crippen molar-refractivity contribution in [2.75, 3.05) is 44.7 Å². The van der Waals surface area contributed by atoms with Crippen LogP contribution in [0.1, 0.15) is 23.7 Å². The molecule has 1 aromatic heterocycles. The molecule has 0 unspecified atom stereocenters. The summed E-state index contributed by atoms with van der Waals surface area (Å²) in [4.78, 5) is 15.4. The molecule has 0 saturated carbocycles. The topological polar surface area (TPSA) is 53.0 Å². The van der Waals surface area contributed by atoms with Gasteiger partial charge in [-0.3, -0.25) is 0 Å². The Bertz CT molecular complexity index is 741. The fourth-order valence-electron chi connectivity index (χ4n) is 3.12. The first-order chi connectivity index (χ1) is 13.2. The van der Waals surface area contributed by atoms with Gasteiger partial charge in [0.2, 0.25) is 0 Å². The summed E-state index contributed by atoms with van der Waals surface area (Å²) < 4.78 is 5.25. The van der Waals surface area contributed by atoms with Gasteiger partial charge in [-0.2, -0.15) is 0 Å². The molecule has 1 saturated heterocycles. The molecule has 3 rings (SSSR count). The summed E-state index contributed by atoms with van der Waals surface area (Å²) in [6.07, 6.45) is 3.00. The predicted molar refractivity (Wildman–Crippen MR) is 129 cm³/mol. The number of anilines is 1. The molecule has 0 bridgehead atoms. The Morgan fingerprint density at radius 2 is 1.89 bits per heavy atom. The fraction of sp³-hybridized carbons (Fsp3) is 0.500. The second-order valence-corrected chi connectivity index (χ2v) is 7.62. The van der Waals surface area contributed by atoms with Crippen LogP contribution in [0, 0.1) is 0 Å². The van der Waals surface area contributed by atoms with Crippen molar-refractivity contribution >= 4 is 47.0 Å². The minimum absolute atomic E-state index is 0. The number of aliphatic imine (C=N–C) groups is 1. The number of ether oxygens (including phenoxy) is 1. The predicted octanol–water partition coefficient (Wildman–Crippen LogP) is 3.62. The maximum absolute atomic E-state index is 5.25. The Morgan fingerprint density at radius 1 is 1.18 bits per heavy atom. The number of methoxy groups -OCH3 is 1. The Morgan fingerprint density at radius 3 is 2.46 bits per heavy atom. The minimum atomic E-state index is 0. The number of guanidine groups is 1. The number of nitrogens with one attached hydrogen (secondary N) is 1. The van der Waals surface area contributed by atoms with Crippen molar-refractivity contribution in [3.63, 3.8) is 0 Å². The molecule has 0 aliphatic carbocycles. The van der Waals surface area contributed by atoms with E-state index in [9.17, 15) is 0 Å². The Labute approximate surface area is 189 Å². The first kappa shape index (κ1) is 22.7. The van der Waals surface area contributed by atoms with Gasteiger partial charge in [0.25, 0.3) is 0 Å². The zero-order chi connectivity index (χ0) is 19.1. The molecule has 8 heteroatoms. The molecule has 1 aliphatic rings. The second-order valence-electron chi connectivity index (χ2n) is 6.42. The van der Waals surface area contributed by atoms with Crippen molar-refractivity contribution in [1.82, 2.24) is 15.2 Å². The summed E-state index contributed by atoms with van der Waals surface area (Å²) in [5, 5.41) is 4.51. The van der Waals surface area contributed by atoms with Gasteiger partial charge in [0.05, 0.1) is 13.7 Å². The molecule has 0 spiro atoms. The number of rotatable bonds is 6. The third-order valence-corrected chi connectivity index (χ3v) is 5.79. The Balaban J connectivity index is 0.00000280. The smallest absolute Gasteiger partial charge is 0.194 e. The highest BCUT2D eigenvalue weighted by atomic mass is 127. The standard InChI is InChI=1S/C20H29N5OS.HI/c1-4-18-14-22-19(27-18)15-23-20(21-5-2)25-12-10-24(11-13-25)16-6-8-17(26-3)9-7-16;/h6-9,14H,4-5,10-13,15H2,1-3H3,(H,21,23);1H. The lowest BCUT2D eigenvalue weighted by Crippen LogP contribution is -2.52. The van der Waals surface area contributed by atoms with E-state index >= 15 is 0 Å². The van der Waals surface area contributed by atoms with Crippen molar-refractivity contribution in [1.29, 1.82) is 0 Å². The van der Waals surface area contributed by atoms with Gasteiger partial charge in [-0.15, -0.1) is 35.3 Å². The molecule has 1 aromatic carbocycles. The molecule has 1 aliphatic heterocycles. The minimum Gasteiger partial charge on any atom is -0.497 e. The average Bonchev–Trinajstić information content (AvgIpc) is 3.19. The third kappa shape index (κ3) is 5.97. The number of aryl methyl sites for hydroxylation is 1. The van der Waals surface area contributed by atoms with Crippen molar-refractivity contribution < 1.29 is 4.74 Å². The van der Waals surface area contributed by atoms with Crippen LogP contribution in [0.2, 0.25) is 0 Å². The number of aromatic nitrogens is 1. The number of piperazine rings is 1. The summed E-state index contributed by atoms with van der Waals surface area (Å²) in [5.74, 6) is 1.88. The molecule has 6 nitrogen and oxygen atoms in total. The Kier molecular flexibility index (Phi) is 9.30. The molecule has 0 radical (unpaired) electrons. The summed E-state index contributed by atoms with van der Waals surface area (Å²) in [7, 11) is 1.70. The second kappa shape index (κ2) is 11.5. The van der Waals surface area contributed by atoms with Crippen LogP contribution in [0.3, 0.4) is 0 Å². The monoisotopic (exact) mass is 515 g/mol. The van der Waals surface area contributed by atoms with E-state index in [1.54, 1.807) is 18.4 Å². The summed E-state index contributed by atoms with van der Waals surface area (Å²) in [5.41, 5.74) is 1.24. The molecule has 2 heterocycles. The van der Waals surface area contributed by atoms with Crippen molar-refractivity contribution in [2.45, 2.75) is 26.8 Å². The maximum atomic E-state index is 5.25.